The summed E-state index contributed by atoms with van der Waals surface area (Å²) in [5.74, 6) is 0.415. The fraction of sp³-hybridized carbons (Fsp3) is 0.824. The number of hydrogen-bond acceptors (Lipinski definition) is 3. The van der Waals surface area contributed by atoms with Crippen molar-refractivity contribution >= 4 is 11.9 Å². The van der Waals surface area contributed by atoms with Gasteiger partial charge in [0.05, 0.1) is 6.07 Å². The van der Waals surface area contributed by atoms with E-state index in [0.29, 0.717) is 19.0 Å². The van der Waals surface area contributed by atoms with Crippen molar-refractivity contribution in [2.45, 2.75) is 70.0 Å². The van der Waals surface area contributed by atoms with Crippen LogP contribution in [0.25, 0.3) is 0 Å². The fourth-order valence-corrected chi connectivity index (χ4v) is 4.57. The van der Waals surface area contributed by atoms with E-state index in [1.54, 1.807) is 4.90 Å². The highest BCUT2D eigenvalue weighted by Crippen LogP contribution is 2.40. The topological polar surface area (TPSA) is 76.4 Å². The Labute approximate surface area is 137 Å². The zero-order valence-corrected chi connectivity index (χ0v) is 13.8. The molecule has 0 spiro atoms. The van der Waals surface area contributed by atoms with E-state index in [4.69, 9.17) is 0 Å². The first-order valence-electron chi connectivity index (χ1n) is 8.93. The summed E-state index contributed by atoms with van der Waals surface area (Å²) in [7, 11) is 0. The third-order valence-electron chi connectivity index (χ3n) is 5.62. The van der Waals surface area contributed by atoms with Crippen molar-refractivity contribution < 1.29 is 9.59 Å². The number of fused-ring (bicyclic) bond motifs is 1. The van der Waals surface area contributed by atoms with E-state index in [-0.39, 0.29) is 30.1 Å². The van der Waals surface area contributed by atoms with Gasteiger partial charge in [-0.2, -0.15) is 5.26 Å². The highest BCUT2D eigenvalue weighted by molar-refractivity contribution is 5.88. The minimum atomic E-state index is -0.386. The van der Waals surface area contributed by atoms with Crippen molar-refractivity contribution in [1.82, 2.24) is 15.1 Å². The summed E-state index contributed by atoms with van der Waals surface area (Å²) in [4.78, 5) is 29.1. The number of carbonyl (C=O) groups excluding carboxylic acids is 2. The Morgan fingerprint density at radius 3 is 2.74 bits per heavy atom. The molecule has 3 fully saturated rings. The smallest absolute Gasteiger partial charge is 0.318 e. The van der Waals surface area contributed by atoms with Crippen LogP contribution in [0.3, 0.4) is 0 Å². The maximum atomic E-state index is 13.0. The molecule has 6 heteroatoms. The molecule has 4 atom stereocenters. The van der Waals surface area contributed by atoms with Gasteiger partial charge in [-0.25, -0.2) is 4.79 Å². The molecule has 0 bridgehead atoms. The van der Waals surface area contributed by atoms with Crippen molar-refractivity contribution in [3.05, 3.63) is 0 Å². The molecule has 1 saturated carbocycles. The number of carbonyl (C=O) groups is 2. The quantitative estimate of drug-likeness (QED) is 0.844. The molecule has 126 valence electrons. The van der Waals surface area contributed by atoms with Crippen LogP contribution in [0.15, 0.2) is 0 Å². The average Bonchev–Trinajstić information content (AvgIpc) is 3.18. The molecule has 3 rings (SSSR count). The van der Waals surface area contributed by atoms with Crippen LogP contribution < -0.4 is 5.32 Å². The molecule has 0 aromatic heterocycles. The number of nitriles is 1. The summed E-state index contributed by atoms with van der Waals surface area (Å²) in [6.45, 7) is 3.11. The lowest BCUT2D eigenvalue weighted by molar-refractivity contribution is -0.135. The van der Waals surface area contributed by atoms with Crippen LogP contribution in [0.2, 0.25) is 0 Å². The van der Waals surface area contributed by atoms with Crippen LogP contribution in [0.4, 0.5) is 4.79 Å². The fourth-order valence-electron chi connectivity index (χ4n) is 4.57. The molecule has 1 aliphatic carbocycles. The second kappa shape index (κ2) is 6.77. The van der Waals surface area contributed by atoms with Gasteiger partial charge in [-0.05, 0) is 44.9 Å². The molecule has 23 heavy (non-hydrogen) atoms. The molecule has 2 unspecified atom stereocenters. The summed E-state index contributed by atoms with van der Waals surface area (Å²) >= 11 is 0. The van der Waals surface area contributed by atoms with Gasteiger partial charge in [0, 0.05) is 19.1 Å². The van der Waals surface area contributed by atoms with E-state index in [0.717, 1.165) is 38.5 Å². The van der Waals surface area contributed by atoms with Crippen molar-refractivity contribution in [2.24, 2.45) is 5.92 Å². The molecular weight excluding hydrogens is 292 g/mol. The number of urea groups is 1. The molecule has 3 aliphatic rings. The van der Waals surface area contributed by atoms with Gasteiger partial charge in [0.1, 0.15) is 12.1 Å². The summed E-state index contributed by atoms with van der Waals surface area (Å²) in [6.07, 6.45) is 6.81. The molecule has 1 N–H and O–H groups in total. The second-order valence-corrected chi connectivity index (χ2v) is 6.92. The highest BCUT2D eigenvalue weighted by Gasteiger charge is 2.49. The molecule has 0 aromatic rings. The maximum Gasteiger partial charge on any atom is 0.318 e. The van der Waals surface area contributed by atoms with Crippen LogP contribution in [-0.4, -0.2) is 53.0 Å². The minimum Gasteiger partial charge on any atom is -0.338 e. The van der Waals surface area contributed by atoms with Crippen LogP contribution in [-0.2, 0) is 4.79 Å². The summed E-state index contributed by atoms with van der Waals surface area (Å²) < 4.78 is 0. The normalized spacial score (nSPS) is 33.2. The van der Waals surface area contributed by atoms with Crippen molar-refractivity contribution in [2.75, 3.05) is 13.1 Å². The van der Waals surface area contributed by atoms with Gasteiger partial charge >= 0.3 is 6.03 Å². The van der Waals surface area contributed by atoms with Gasteiger partial charge in [0.2, 0.25) is 5.91 Å². The Kier molecular flexibility index (Phi) is 4.74. The standard InChI is InChI=1S/C17H26N4O2/c1-2-19-17(23)21-14-8-4-3-6-12(14)10-15(21)16(22)20-9-5-7-13(20)11-18/h12-15H,2-10H2,1H3,(H,19,23)/t12?,13-,14?,15-/m0/s1. The Bertz CT molecular complexity index is 515. The van der Waals surface area contributed by atoms with Gasteiger partial charge < -0.3 is 15.1 Å². The number of likely N-dealkylation sites (tertiary alicyclic amines) is 2. The predicted molar refractivity (Wildman–Crippen MR) is 85.4 cm³/mol. The summed E-state index contributed by atoms with van der Waals surface area (Å²) in [5.41, 5.74) is 0. The molecule has 0 aromatic carbocycles. The number of hydrogen-bond donors (Lipinski definition) is 1. The summed E-state index contributed by atoms with van der Waals surface area (Å²) in [5, 5.41) is 12.1. The lowest BCUT2D eigenvalue weighted by atomic mass is 9.84. The third-order valence-corrected chi connectivity index (χ3v) is 5.62. The van der Waals surface area contributed by atoms with Gasteiger partial charge in [-0.3, -0.25) is 4.79 Å². The second-order valence-electron chi connectivity index (χ2n) is 6.92. The number of rotatable bonds is 2. The van der Waals surface area contributed by atoms with Crippen LogP contribution in [0.1, 0.15) is 51.9 Å². The van der Waals surface area contributed by atoms with E-state index in [1.807, 2.05) is 11.8 Å². The highest BCUT2D eigenvalue weighted by atomic mass is 16.2. The van der Waals surface area contributed by atoms with Crippen molar-refractivity contribution in [1.29, 1.82) is 5.26 Å². The Morgan fingerprint density at radius 1 is 1.22 bits per heavy atom. The van der Waals surface area contributed by atoms with Gasteiger partial charge in [0.15, 0.2) is 0 Å². The summed E-state index contributed by atoms with van der Waals surface area (Å²) in [6, 6.07) is 1.60. The van der Waals surface area contributed by atoms with Crippen LogP contribution >= 0.6 is 0 Å². The molecule has 3 amide bonds. The average molecular weight is 318 g/mol. The Morgan fingerprint density at radius 2 is 2.00 bits per heavy atom. The van der Waals surface area contributed by atoms with Crippen LogP contribution in [0.5, 0.6) is 0 Å². The molecule has 2 saturated heterocycles. The minimum absolute atomic E-state index is 0.0188. The first-order valence-corrected chi connectivity index (χ1v) is 8.93. The van der Waals surface area contributed by atoms with E-state index in [1.165, 1.54) is 6.42 Å². The zero-order chi connectivity index (χ0) is 16.4. The maximum absolute atomic E-state index is 13.0. The lowest BCUT2D eigenvalue weighted by Crippen LogP contribution is -2.54. The van der Waals surface area contributed by atoms with Gasteiger partial charge in [-0.15, -0.1) is 0 Å². The lowest BCUT2D eigenvalue weighted by Gasteiger charge is -2.34. The molecular formula is C17H26N4O2. The number of nitrogens with zero attached hydrogens (tertiary/aromatic N) is 3. The number of nitrogens with one attached hydrogen (secondary N) is 1. The SMILES string of the molecule is CCNC(=O)N1C2CCCCC2C[C@H]1C(=O)N1CCC[C@H]1C#N. The predicted octanol–water partition coefficient (Wildman–Crippen LogP) is 1.86. The number of amides is 3. The van der Waals surface area contributed by atoms with E-state index < -0.39 is 0 Å². The molecule has 0 radical (unpaired) electrons. The van der Waals surface area contributed by atoms with Crippen molar-refractivity contribution in [3.8, 4) is 6.07 Å². The van der Waals surface area contributed by atoms with E-state index in [2.05, 4.69) is 11.4 Å². The van der Waals surface area contributed by atoms with Gasteiger partial charge in [-0.1, -0.05) is 12.8 Å². The Balaban J connectivity index is 1.82. The molecule has 2 aliphatic heterocycles. The largest absolute Gasteiger partial charge is 0.338 e. The first kappa shape index (κ1) is 16.1. The first-order chi connectivity index (χ1) is 11.2. The third kappa shape index (κ3) is 2.89. The van der Waals surface area contributed by atoms with Crippen LogP contribution in [0, 0.1) is 17.2 Å². The molecule has 2 heterocycles. The molecule has 6 nitrogen and oxygen atoms in total. The van der Waals surface area contributed by atoms with Gasteiger partial charge in [0.25, 0.3) is 0 Å². The Hall–Kier alpha value is -1.77. The van der Waals surface area contributed by atoms with E-state index >= 15 is 0 Å². The monoisotopic (exact) mass is 318 g/mol. The van der Waals surface area contributed by atoms with E-state index in [9.17, 15) is 14.9 Å². The zero-order valence-electron chi connectivity index (χ0n) is 13.8. The van der Waals surface area contributed by atoms with Crippen molar-refractivity contribution in [3.63, 3.8) is 0 Å².